The zero-order valence-corrected chi connectivity index (χ0v) is 17.1. The highest BCUT2D eigenvalue weighted by Crippen LogP contribution is 2.27. The molecule has 4 nitrogen and oxygen atoms in total. The first-order valence-electron chi connectivity index (χ1n) is 9.76. The van der Waals surface area contributed by atoms with Crippen LogP contribution >= 0.6 is 0 Å². The van der Waals surface area contributed by atoms with Gasteiger partial charge in [0.05, 0.1) is 0 Å². The summed E-state index contributed by atoms with van der Waals surface area (Å²) in [6, 6.07) is 1.65. The van der Waals surface area contributed by atoms with Gasteiger partial charge in [0.2, 0.25) is 0 Å². The van der Waals surface area contributed by atoms with Gasteiger partial charge in [-0.25, -0.2) is 0 Å². The van der Waals surface area contributed by atoms with Crippen molar-refractivity contribution in [3.8, 4) is 0 Å². The van der Waals surface area contributed by atoms with Crippen molar-refractivity contribution in [3.05, 3.63) is 0 Å². The van der Waals surface area contributed by atoms with Crippen LogP contribution in [-0.2, 0) is 13.3 Å². The standard InChI is InChI=1S/C18H39NO3Si/c1-6-18(16-17(5)19-13-10-11-14-19)12-15-23(20-7-2,21-8-3)22-9-4/h17-18H,6-16H2,1-5H3. The monoisotopic (exact) mass is 345 g/mol. The Morgan fingerprint density at radius 3 is 1.87 bits per heavy atom. The molecule has 2 unspecified atom stereocenters. The fraction of sp³-hybridized carbons (Fsp3) is 1.00. The molecule has 0 spiro atoms. The van der Waals surface area contributed by atoms with Crippen LogP contribution in [0, 0.1) is 5.92 Å². The molecule has 1 heterocycles. The maximum atomic E-state index is 5.99. The Morgan fingerprint density at radius 2 is 1.43 bits per heavy atom. The van der Waals surface area contributed by atoms with Gasteiger partial charge in [-0.15, -0.1) is 0 Å². The van der Waals surface area contributed by atoms with Gasteiger partial charge in [0.15, 0.2) is 0 Å². The molecule has 1 fully saturated rings. The van der Waals surface area contributed by atoms with Crippen molar-refractivity contribution in [2.24, 2.45) is 5.92 Å². The van der Waals surface area contributed by atoms with Crippen LogP contribution in [0.4, 0.5) is 0 Å². The molecule has 0 aromatic rings. The van der Waals surface area contributed by atoms with E-state index >= 15 is 0 Å². The fourth-order valence-electron chi connectivity index (χ4n) is 3.68. The van der Waals surface area contributed by atoms with Gasteiger partial charge in [-0.2, -0.15) is 0 Å². The van der Waals surface area contributed by atoms with Gasteiger partial charge in [0.1, 0.15) is 0 Å². The van der Waals surface area contributed by atoms with E-state index < -0.39 is 8.80 Å². The van der Waals surface area contributed by atoms with E-state index in [2.05, 4.69) is 18.7 Å². The predicted molar refractivity (Wildman–Crippen MR) is 98.7 cm³/mol. The number of rotatable bonds is 13. The summed E-state index contributed by atoms with van der Waals surface area (Å²) in [7, 11) is -2.47. The lowest BCUT2D eigenvalue weighted by atomic mass is 9.95. The summed E-state index contributed by atoms with van der Waals surface area (Å²) in [5.74, 6) is 0.735. The van der Waals surface area contributed by atoms with Crippen LogP contribution in [-0.4, -0.2) is 52.7 Å². The fourth-order valence-corrected chi connectivity index (χ4v) is 6.45. The Hall–Kier alpha value is 0.0569. The first kappa shape index (κ1) is 21.1. The summed E-state index contributed by atoms with van der Waals surface area (Å²) in [5.41, 5.74) is 0. The van der Waals surface area contributed by atoms with Crippen molar-refractivity contribution < 1.29 is 13.3 Å². The van der Waals surface area contributed by atoms with Crippen molar-refractivity contribution in [1.29, 1.82) is 0 Å². The molecule has 0 bridgehead atoms. The quantitative estimate of drug-likeness (QED) is 0.465. The van der Waals surface area contributed by atoms with E-state index in [1.54, 1.807) is 0 Å². The minimum atomic E-state index is -2.47. The molecule has 2 atom stereocenters. The minimum Gasteiger partial charge on any atom is -0.374 e. The van der Waals surface area contributed by atoms with Crippen molar-refractivity contribution in [1.82, 2.24) is 4.90 Å². The smallest absolute Gasteiger partial charge is 0.374 e. The molecule has 1 rings (SSSR count). The molecule has 5 heteroatoms. The summed E-state index contributed by atoms with van der Waals surface area (Å²) in [4.78, 5) is 2.65. The number of likely N-dealkylation sites (tertiary alicyclic amines) is 1. The molecule has 1 aliphatic heterocycles. The van der Waals surface area contributed by atoms with Crippen molar-refractivity contribution in [2.75, 3.05) is 32.9 Å². The highest BCUT2D eigenvalue weighted by molar-refractivity contribution is 6.60. The van der Waals surface area contributed by atoms with E-state index in [1.807, 2.05) is 20.8 Å². The van der Waals surface area contributed by atoms with Crippen LogP contribution in [0.15, 0.2) is 0 Å². The van der Waals surface area contributed by atoms with E-state index in [0.717, 1.165) is 18.4 Å². The van der Waals surface area contributed by atoms with E-state index in [4.69, 9.17) is 13.3 Å². The van der Waals surface area contributed by atoms with Crippen LogP contribution < -0.4 is 0 Å². The zero-order valence-electron chi connectivity index (χ0n) is 16.1. The van der Waals surface area contributed by atoms with Gasteiger partial charge in [-0.3, -0.25) is 0 Å². The second-order valence-corrected chi connectivity index (χ2v) is 9.35. The Labute approximate surface area is 145 Å². The molecule has 0 N–H and O–H groups in total. The van der Waals surface area contributed by atoms with Gasteiger partial charge in [-0.1, -0.05) is 13.3 Å². The lowest BCUT2D eigenvalue weighted by molar-refractivity contribution is 0.0689. The molecular formula is C18H39NO3Si. The van der Waals surface area contributed by atoms with Crippen LogP contribution in [0.25, 0.3) is 0 Å². The van der Waals surface area contributed by atoms with Crippen LogP contribution in [0.2, 0.25) is 6.04 Å². The number of nitrogens with zero attached hydrogens (tertiary/aromatic N) is 1. The van der Waals surface area contributed by atoms with Crippen molar-refractivity contribution in [2.45, 2.75) is 78.8 Å². The first-order valence-corrected chi connectivity index (χ1v) is 11.7. The first-order chi connectivity index (χ1) is 11.1. The lowest BCUT2D eigenvalue weighted by Crippen LogP contribution is -2.46. The Bertz CT molecular complexity index is 281. The van der Waals surface area contributed by atoms with Crippen LogP contribution in [0.1, 0.15) is 66.7 Å². The number of hydrogen-bond donors (Lipinski definition) is 0. The molecule has 0 radical (unpaired) electrons. The normalized spacial score (nSPS) is 19.2. The van der Waals surface area contributed by atoms with Gasteiger partial charge in [-0.05, 0) is 72.4 Å². The second-order valence-electron chi connectivity index (χ2n) is 6.62. The third kappa shape index (κ3) is 7.22. The second kappa shape index (κ2) is 11.6. The lowest BCUT2D eigenvalue weighted by Gasteiger charge is -2.31. The highest BCUT2D eigenvalue weighted by Gasteiger charge is 2.40. The summed E-state index contributed by atoms with van der Waals surface area (Å²) in [6.45, 7) is 15.4. The summed E-state index contributed by atoms with van der Waals surface area (Å²) >= 11 is 0. The zero-order chi connectivity index (χ0) is 17.1. The third-order valence-corrected chi connectivity index (χ3v) is 8.05. The van der Waals surface area contributed by atoms with Crippen LogP contribution in [0.5, 0.6) is 0 Å². The average molecular weight is 346 g/mol. The molecule has 0 aliphatic carbocycles. The van der Waals surface area contributed by atoms with E-state index in [-0.39, 0.29) is 0 Å². The molecule has 0 aromatic carbocycles. The molecule has 138 valence electrons. The molecule has 0 aromatic heterocycles. The van der Waals surface area contributed by atoms with E-state index in [9.17, 15) is 0 Å². The van der Waals surface area contributed by atoms with Gasteiger partial charge < -0.3 is 18.2 Å². The largest absolute Gasteiger partial charge is 0.500 e. The molecule has 0 saturated carbocycles. The molecule has 23 heavy (non-hydrogen) atoms. The SMILES string of the molecule is CCO[Si](CCC(CC)CC(C)N1CCCC1)(OCC)OCC. The summed E-state index contributed by atoms with van der Waals surface area (Å²) in [5, 5.41) is 0. The van der Waals surface area contributed by atoms with E-state index in [0.29, 0.717) is 25.9 Å². The minimum absolute atomic E-state index is 0.674. The van der Waals surface area contributed by atoms with Crippen molar-refractivity contribution >= 4 is 8.80 Å². The average Bonchev–Trinajstić information content (AvgIpc) is 3.06. The molecule has 1 saturated heterocycles. The topological polar surface area (TPSA) is 30.9 Å². The van der Waals surface area contributed by atoms with Crippen molar-refractivity contribution in [3.63, 3.8) is 0 Å². The maximum absolute atomic E-state index is 5.99. The predicted octanol–water partition coefficient (Wildman–Crippen LogP) is 4.33. The highest BCUT2D eigenvalue weighted by atomic mass is 28.4. The third-order valence-electron chi connectivity index (χ3n) is 4.97. The van der Waals surface area contributed by atoms with Gasteiger partial charge >= 0.3 is 8.80 Å². The van der Waals surface area contributed by atoms with Crippen LogP contribution in [0.3, 0.4) is 0 Å². The van der Waals surface area contributed by atoms with E-state index in [1.165, 1.54) is 38.8 Å². The molecular weight excluding hydrogens is 306 g/mol. The Kier molecular flexibility index (Phi) is 10.6. The molecule has 1 aliphatic rings. The Balaban J connectivity index is 2.53. The summed E-state index contributed by atoms with van der Waals surface area (Å²) in [6.07, 6.45) is 6.41. The van der Waals surface area contributed by atoms with Gasteiger partial charge in [0, 0.05) is 31.9 Å². The Morgan fingerprint density at radius 1 is 0.913 bits per heavy atom. The molecule has 0 amide bonds. The van der Waals surface area contributed by atoms with Gasteiger partial charge in [0.25, 0.3) is 0 Å². The maximum Gasteiger partial charge on any atom is 0.500 e. The summed E-state index contributed by atoms with van der Waals surface area (Å²) < 4.78 is 18.0. The number of hydrogen-bond acceptors (Lipinski definition) is 4.